The predicted octanol–water partition coefficient (Wildman–Crippen LogP) is -0.586. The van der Waals surface area contributed by atoms with Crippen molar-refractivity contribution in [1.82, 2.24) is 47.0 Å². The molecule has 420 valence electrons. The Balaban J connectivity index is 1.29. The van der Waals surface area contributed by atoms with E-state index in [9.17, 15) is 79.2 Å². The van der Waals surface area contributed by atoms with E-state index in [4.69, 9.17) is 9.47 Å². The van der Waals surface area contributed by atoms with Gasteiger partial charge >= 0.3 is 0 Å². The Morgan fingerprint density at radius 1 is 0.436 bits per heavy atom. The van der Waals surface area contributed by atoms with Crippen molar-refractivity contribution in [3.8, 4) is 46.0 Å². The Morgan fingerprint density at radius 3 is 1.06 bits per heavy atom. The molecular formula is C51H63N9O18. The quantitative estimate of drug-likeness (QED) is 0.0357. The molecular weight excluding hydrogens is 1030 g/mol. The number of carbonyl (C=O) groups excluding carboxylic acids is 8. The zero-order chi connectivity index (χ0) is 57.1. The summed E-state index contributed by atoms with van der Waals surface area (Å²) in [7, 11) is 2.86. The molecule has 0 saturated heterocycles. The Kier molecular flexibility index (Phi) is 22.2. The number of nitrogens with one attached hydrogen (secondary N) is 7. The molecule has 4 heterocycles. The van der Waals surface area contributed by atoms with Crippen molar-refractivity contribution < 1.29 is 88.7 Å². The molecule has 27 nitrogen and oxygen atoms in total. The van der Waals surface area contributed by atoms with E-state index in [1.165, 1.54) is 26.4 Å². The summed E-state index contributed by atoms with van der Waals surface area (Å²) in [5, 5.41) is 104. The number of carbonyl (C=O) groups is 8. The lowest BCUT2D eigenvalue weighted by Gasteiger charge is -2.23. The fraction of sp³-hybridized carbons (Fsp3) is 0.373. The third-order valence-corrected chi connectivity index (χ3v) is 12.2. The van der Waals surface area contributed by atoms with Crippen LogP contribution in [0.2, 0.25) is 0 Å². The van der Waals surface area contributed by atoms with Gasteiger partial charge in [-0.05, 0) is 61.5 Å². The Bertz CT molecular complexity index is 2600. The monoisotopic (exact) mass is 1090 g/mol. The number of hydrogen-bond donors (Lipinski definition) is 15. The van der Waals surface area contributed by atoms with Crippen LogP contribution in [0.25, 0.3) is 0 Å². The van der Waals surface area contributed by atoms with Crippen LogP contribution < -0.4 is 37.2 Å². The van der Waals surface area contributed by atoms with E-state index in [2.05, 4.69) is 37.2 Å². The van der Waals surface area contributed by atoms with E-state index in [0.717, 1.165) is 36.4 Å². The first-order chi connectivity index (χ1) is 37.3. The van der Waals surface area contributed by atoms with Gasteiger partial charge < -0.3 is 87.5 Å². The van der Waals surface area contributed by atoms with Crippen LogP contribution in [0.15, 0.2) is 48.5 Å². The highest BCUT2D eigenvalue weighted by Crippen LogP contribution is 2.36. The van der Waals surface area contributed by atoms with Gasteiger partial charge in [0.2, 0.25) is 0 Å². The minimum Gasteiger partial charge on any atom is -0.504 e. The van der Waals surface area contributed by atoms with Crippen LogP contribution >= 0.6 is 0 Å². The predicted molar refractivity (Wildman–Crippen MR) is 276 cm³/mol. The van der Waals surface area contributed by atoms with Crippen LogP contribution in [0.1, 0.15) is 95.7 Å². The van der Waals surface area contributed by atoms with Crippen molar-refractivity contribution in [3.63, 3.8) is 0 Å². The van der Waals surface area contributed by atoms with Crippen LogP contribution in [0.3, 0.4) is 0 Å². The lowest BCUT2D eigenvalue weighted by atomic mass is 10.0. The Labute approximate surface area is 446 Å². The summed E-state index contributed by atoms with van der Waals surface area (Å²) < 4.78 is 9.76. The number of Topliss-reactive ketones (excluding diaryl/α,β-unsaturated/α-hetero) is 1. The summed E-state index contributed by atoms with van der Waals surface area (Å²) in [5.74, 6) is -13.1. The topological polar surface area (TPSA) is 408 Å². The van der Waals surface area contributed by atoms with Gasteiger partial charge in [0.25, 0.3) is 41.4 Å². The van der Waals surface area contributed by atoms with Crippen molar-refractivity contribution in [2.24, 2.45) is 0 Å². The smallest absolute Gasteiger partial charge is 0.255 e. The first-order valence-electron chi connectivity index (χ1n) is 24.4. The molecule has 0 aromatic heterocycles. The van der Waals surface area contributed by atoms with Crippen LogP contribution in [0.4, 0.5) is 0 Å². The fourth-order valence-corrected chi connectivity index (χ4v) is 7.93. The molecule has 0 radical (unpaired) electrons. The van der Waals surface area contributed by atoms with E-state index in [1.807, 2.05) is 0 Å². The number of methoxy groups -OCH3 is 2. The van der Waals surface area contributed by atoms with Crippen molar-refractivity contribution >= 4 is 47.1 Å². The summed E-state index contributed by atoms with van der Waals surface area (Å²) in [5.41, 5.74) is -2.70. The summed E-state index contributed by atoms with van der Waals surface area (Å²) in [6.45, 7) is 0.477. The second-order valence-corrected chi connectivity index (χ2v) is 17.4. The number of amides is 7. The average Bonchev–Trinajstić information content (AvgIpc) is 3.43. The number of aromatic hydroxyl groups is 8. The van der Waals surface area contributed by atoms with Crippen molar-refractivity contribution in [1.29, 1.82) is 0 Å². The number of rotatable bonds is 17. The Hall–Kier alpha value is -8.92. The highest BCUT2D eigenvalue weighted by molar-refractivity contribution is 6.06. The maximum absolute atomic E-state index is 13.3. The molecule has 4 aliphatic rings. The highest BCUT2D eigenvalue weighted by Gasteiger charge is 2.26. The first kappa shape index (κ1) is 60.0. The zero-order valence-corrected chi connectivity index (χ0v) is 42.7. The minimum absolute atomic E-state index is 0.0341. The molecule has 4 aromatic rings. The second kappa shape index (κ2) is 28.8. The van der Waals surface area contributed by atoms with E-state index >= 15 is 0 Å². The second-order valence-electron chi connectivity index (χ2n) is 17.4. The Morgan fingerprint density at radius 2 is 0.731 bits per heavy atom. The van der Waals surface area contributed by atoms with Crippen LogP contribution in [-0.2, 0) is 9.47 Å². The summed E-state index contributed by atoms with van der Waals surface area (Å²) in [6.07, 6.45) is -0.0282. The average molecular weight is 1090 g/mol. The normalized spacial score (nSPS) is 14.4. The molecule has 0 unspecified atom stereocenters. The maximum atomic E-state index is 13.3. The molecule has 78 heavy (non-hydrogen) atoms. The van der Waals surface area contributed by atoms with E-state index < -0.39 is 104 Å². The van der Waals surface area contributed by atoms with Crippen molar-refractivity contribution in [2.75, 3.05) is 113 Å². The third-order valence-electron chi connectivity index (χ3n) is 12.2. The van der Waals surface area contributed by atoms with Gasteiger partial charge in [-0.1, -0.05) is 0 Å². The maximum Gasteiger partial charge on any atom is 0.255 e. The van der Waals surface area contributed by atoms with Crippen molar-refractivity contribution in [2.45, 2.75) is 12.8 Å². The molecule has 4 aromatic carbocycles. The molecule has 0 fully saturated rings. The lowest BCUT2D eigenvalue weighted by molar-refractivity contribution is 0.0917. The zero-order valence-electron chi connectivity index (χ0n) is 42.7. The summed E-state index contributed by atoms with van der Waals surface area (Å²) in [6, 6.07) is 9.16. The largest absolute Gasteiger partial charge is 0.504 e. The number of hydrogen-bond acceptors (Lipinski definition) is 20. The van der Waals surface area contributed by atoms with Crippen molar-refractivity contribution in [3.05, 3.63) is 93.0 Å². The molecule has 4 aliphatic heterocycles. The van der Waals surface area contributed by atoms with E-state index in [-0.39, 0.29) is 145 Å². The summed E-state index contributed by atoms with van der Waals surface area (Å²) in [4.78, 5) is 108. The number of ether oxygens (including phenoxy) is 2. The molecule has 0 aliphatic carbocycles. The van der Waals surface area contributed by atoms with Gasteiger partial charge in [0.15, 0.2) is 51.8 Å². The summed E-state index contributed by atoms with van der Waals surface area (Å²) >= 11 is 0. The van der Waals surface area contributed by atoms with Gasteiger partial charge in [0, 0.05) is 99.2 Å². The first-order valence-corrected chi connectivity index (χ1v) is 24.4. The van der Waals surface area contributed by atoms with Gasteiger partial charge in [0.05, 0.1) is 57.7 Å². The number of benzene rings is 4. The van der Waals surface area contributed by atoms with E-state index in [0.29, 0.717) is 0 Å². The van der Waals surface area contributed by atoms with Crippen LogP contribution in [0, 0.1) is 0 Å². The molecule has 4 bridgehead atoms. The van der Waals surface area contributed by atoms with Crippen LogP contribution in [-0.4, -0.2) is 210 Å². The SMILES string of the molecule is COCCNC(=O)c1ccc(C(=O)CCCN2CCNC(=O)c3ccc(c(O)c3O)C(=O)NCCN(CCNC(=O)c3ccc(C(=O)NCCOC)c(O)c3O)CCNC(=O)c3ccc(c(O)c3O)C(=O)NCC2)c(O)c1O. The molecule has 15 N–H and O–H groups in total. The van der Waals surface area contributed by atoms with Gasteiger partial charge in [-0.15, -0.1) is 0 Å². The molecule has 8 rings (SSSR count). The van der Waals surface area contributed by atoms with Crippen LogP contribution in [0.5, 0.6) is 46.0 Å². The van der Waals surface area contributed by atoms with Gasteiger partial charge in [-0.3, -0.25) is 48.2 Å². The number of phenols is 8. The van der Waals surface area contributed by atoms with Gasteiger partial charge in [0.1, 0.15) is 0 Å². The lowest BCUT2D eigenvalue weighted by Crippen LogP contribution is -2.43. The minimum atomic E-state index is -0.902. The number of nitrogens with zero attached hydrogens (tertiary/aromatic N) is 2. The van der Waals surface area contributed by atoms with Gasteiger partial charge in [-0.2, -0.15) is 0 Å². The number of ketones is 1. The molecule has 7 amide bonds. The molecule has 27 heteroatoms. The highest BCUT2D eigenvalue weighted by atomic mass is 16.5. The molecule has 0 saturated carbocycles. The molecule has 0 atom stereocenters. The number of phenolic OH excluding ortho intramolecular Hbond substituents is 8. The standard InChI is InChI=1S/C51H63N9O18/c1-77-26-18-57-50(75)29-6-5-28(37(62)38(29)63)36(61)4-3-20-59-21-13-52-45(70)30-7-9-32(41(66)39(30)64)47(72)54-15-23-60(24-16-55-48(73)33-10-8-31(40(65)42(33)67)46(71)53-14-22-59)25-17-56-49(74)34-11-12-35(44(69)43(34)68)51(76)58-19-27-78-2/h5-12,62-69H,3-4,13-27H2,1-2H3,(H,52,70)(H,53,71)(H,54,72)(H,55,73)(H,56,74)(H,57,75)(H,58,76). The third kappa shape index (κ3) is 15.6. The molecule has 0 spiro atoms. The fourth-order valence-electron chi connectivity index (χ4n) is 7.93. The van der Waals surface area contributed by atoms with Gasteiger partial charge in [-0.25, -0.2) is 0 Å². The van der Waals surface area contributed by atoms with E-state index in [1.54, 1.807) is 9.80 Å².